The second kappa shape index (κ2) is 13.0. The number of hydrogen-bond acceptors (Lipinski definition) is 4. The maximum absolute atomic E-state index is 7.28. The van der Waals surface area contributed by atoms with Crippen LogP contribution in [0.5, 0.6) is 0 Å². The first kappa shape index (κ1) is 25.2. The van der Waals surface area contributed by atoms with Gasteiger partial charge in [0, 0.05) is 55.7 Å². The average molecular weight is 824 g/mol. The summed E-state index contributed by atoms with van der Waals surface area (Å²) in [5.74, 6) is 0.865. The first-order valence-electron chi connectivity index (χ1n) is 18.2. The van der Waals surface area contributed by atoms with Crippen molar-refractivity contribution in [3.8, 4) is 28.3 Å². The Morgan fingerprint density at radius 3 is 2.29 bits per heavy atom. The van der Waals surface area contributed by atoms with E-state index in [2.05, 4.69) is 90.1 Å². The molecule has 9 rings (SSSR count). The Kier molecular flexibility index (Phi) is 6.81. The number of imidazole rings is 1. The number of para-hydroxylation sites is 2. The van der Waals surface area contributed by atoms with Crippen LogP contribution in [0.1, 0.15) is 30.5 Å². The van der Waals surface area contributed by atoms with Crippen molar-refractivity contribution in [2.24, 2.45) is 0 Å². The first-order chi connectivity index (χ1) is 25.4. The molecule has 0 aliphatic heterocycles. The number of thiophene rings is 1. The van der Waals surface area contributed by atoms with Crippen LogP contribution in [-0.2, 0) is 20.1 Å². The number of benzene rings is 5. The minimum Gasteiger partial charge on any atom is -0.501 e. The molecule has 0 atom stereocenters. The number of nitrogens with zero attached hydrogens (tertiary/aromatic N) is 3. The maximum atomic E-state index is 7.28. The van der Waals surface area contributed by atoms with E-state index in [1.54, 1.807) is 23.5 Å². The summed E-state index contributed by atoms with van der Waals surface area (Å²) in [6, 6.07) is 41.1. The largest absolute Gasteiger partial charge is 0.501 e. The number of rotatable bonds is 3. The van der Waals surface area contributed by atoms with Crippen LogP contribution in [-0.4, -0.2) is 14.5 Å². The van der Waals surface area contributed by atoms with Gasteiger partial charge in [-0.2, -0.15) is 0 Å². The Labute approximate surface area is 305 Å². The summed E-state index contributed by atoms with van der Waals surface area (Å²) in [7, 11) is 0. The molecular weight excluding hydrogens is 787 g/mol. The Hall–Kier alpha value is -4.87. The third-order valence-electron chi connectivity index (χ3n) is 8.27. The van der Waals surface area contributed by atoms with Gasteiger partial charge < -0.3 is 14.0 Å². The van der Waals surface area contributed by atoms with Gasteiger partial charge in [-0.15, -0.1) is 64.9 Å². The maximum Gasteiger partial charge on any atom is 0.132 e. The molecule has 0 unspecified atom stereocenters. The summed E-state index contributed by atoms with van der Waals surface area (Å²) >= 11 is 1.73. The minimum atomic E-state index is -2.18. The molecule has 9 aromatic rings. The second-order valence-electron chi connectivity index (χ2n) is 11.4. The normalized spacial score (nSPS) is 13.5. The van der Waals surface area contributed by atoms with Crippen molar-refractivity contribution in [1.29, 1.82) is 0 Å². The van der Waals surface area contributed by atoms with Crippen molar-refractivity contribution in [2.45, 2.75) is 27.6 Å². The molecule has 5 aromatic carbocycles. The monoisotopic (exact) mass is 824 g/mol. The van der Waals surface area contributed by atoms with E-state index < -0.39 is 13.7 Å². The van der Waals surface area contributed by atoms with Gasteiger partial charge in [-0.3, -0.25) is 4.98 Å². The van der Waals surface area contributed by atoms with Gasteiger partial charge in [0.25, 0.3) is 0 Å². The molecule has 0 N–H and O–H groups in total. The predicted molar refractivity (Wildman–Crippen MR) is 195 cm³/mol. The van der Waals surface area contributed by atoms with Gasteiger partial charge >= 0.3 is 0 Å². The third-order valence-corrected chi connectivity index (χ3v) is 9.33. The second-order valence-corrected chi connectivity index (χ2v) is 12.4. The van der Waals surface area contributed by atoms with Crippen LogP contribution in [0.3, 0.4) is 0 Å². The molecule has 0 amide bonds. The molecule has 4 heterocycles. The molecule has 0 aliphatic rings. The summed E-state index contributed by atoms with van der Waals surface area (Å²) in [6.45, 7) is -0.01000. The zero-order valence-electron chi connectivity index (χ0n) is 32.0. The summed E-state index contributed by atoms with van der Waals surface area (Å²) in [4.78, 5) is 10.3. The van der Waals surface area contributed by atoms with E-state index in [1.807, 2.05) is 24.3 Å². The zero-order chi connectivity index (χ0) is 37.1. The number of aromatic nitrogens is 3. The molecule has 4 nitrogen and oxygen atoms in total. The molecule has 4 aromatic heterocycles. The molecule has 0 aliphatic carbocycles. The van der Waals surface area contributed by atoms with Crippen molar-refractivity contribution in [1.82, 2.24) is 14.5 Å². The number of aryl methyl sites for hydroxylation is 4. The molecule has 0 saturated carbocycles. The summed E-state index contributed by atoms with van der Waals surface area (Å²) in [5, 5.41) is 3.42. The van der Waals surface area contributed by atoms with Crippen molar-refractivity contribution in [3.05, 3.63) is 150 Å². The van der Waals surface area contributed by atoms with E-state index in [0.29, 0.717) is 11.3 Å². The molecule has 0 fully saturated rings. The van der Waals surface area contributed by atoms with Gasteiger partial charge in [0.1, 0.15) is 10.4 Å². The van der Waals surface area contributed by atoms with Gasteiger partial charge in [0.2, 0.25) is 0 Å². The van der Waals surface area contributed by atoms with Crippen molar-refractivity contribution in [3.63, 3.8) is 0 Å². The Morgan fingerprint density at radius 2 is 1.54 bits per heavy atom. The third kappa shape index (κ3) is 5.56. The van der Waals surface area contributed by atoms with Crippen molar-refractivity contribution >= 4 is 53.7 Å². The van der Waals surface area contributed by atoms with Gasteiger partial charge in [-0.25, -0.2) is 0 Å². The Bertz CT molecular complexity index is 2710. The van der Waals surface area contributed by atoms with Crippen LogP contribution < -0.4 is 0 Å². The minimum absolute atomic E-state index is 0. The predicted octanol–water partition coefficient (Wildman–Crippen LogP) is 11.4. The standard InChI is InChI=1S/C29H19N2OS.C13H12N.Ir/c1-17-9-7-10-18(2)25(17)31-26-21-12-4-6-16-24(21)33-29(26)30-28(31)22-14-8-13-20-19-11-3-5-15-23(19)32-27(20)22;1-10-3-6-12(7-4-10)13-8-5-11(2)9-14-13;/h3-13,15-16H,1-2H3;3-6,8-9H,1-2H3;/q2*-1;/i;1D3,2D3;. The van der Waals surface area contributed by atoms with Gasteiger partial charge in [0.05, 0.1) is 16.9 Å². The number of fused-ring (bicyclic) bond motifs is 6. The van der Waals surface area contributed by atoms with Gasteiger partial charge in [0.15, 0.2) is 0 Å². The molecular formula is C42H31IrN3OS-2. The molecule has 48 heavy (non-hydrogen) atoms. The topological polar surface area (TPSA) is 43.9 Å². The summed E-state index contributed by atoms with van der Waals surface area (Å²) in [5.41, 5.74) is 8.87. The average Bonchev–Trinajstić information content (AvgIpc) is 3.81. The van der Waals surface area contributed by atoms with Crippen LogP contribution in [0.4, 0.5) is 0 Å². The van der Waals surface area contributed by atoms with Crippen LogP contribution in [0.25, 0.3) is 70.7 Å². The summed E-state index contributed by atoms with van der Waals surface area (Å²) < 4.78 is 53.6. The van der Waals surface area contributed by atoms with Gasteiger partial charge in [-0.1, -0.05) is 84.5 Å². The van der Waals surface area contributed by atoms with E-state index >= 15 is 0 Å². The van der Waals surface area contributed by atoms with Crippen LogP contribution >= 0.6 is 11.3 Å². The van der Waals surface area contributed by atoms with E-state index in [1.165, 1.54) is 51.3 Å². The van der Waals surface area contributed by atoms with Crippen molar-refractivity contribution in [2.75, 3.05) is 0 Å². The Morgan fingerprint density at radius 1 is 0.771 bits per heavy atom. The van der Waals surface area contributed by atoms with E-state index in [0.717, 1.165) is 43.7 Å². The number of pyridine rings is 1. The molecule has 1 radical (unpaired) electrons. The zero-order valence-corrected chi connectivity index (χ0v) is 29.2. The van der Waals surface area contributed by atoms with E-state index in [4.69, 9.17) is 17.6 Å². The quantitative estimate of drug-likeness (QED) is 0.167. The smallest absolute Gasteiger partial charge is 0.132 e. The van der Waals surface area contributed by atoms with Crippen LogP contribution in [0.2, 0.25) is 0 Å². The number of furan rings is 1. The molecule has 0 bridgehead atoms. The van der Waals surface area contributed by atoms with Crippen LogP contribution in [0, 0.1) is 39.7 Å². The van der Waals surface area contributed by atoms with E-state index in [-0.39, 0.29) is 31.2 Å². The molecule has 6 heteroatoms. The van der Waals surface area contributed by atoms with Crippen molar-refractivity contribution < 1.29 is 32.7 Å². The SMILES string of the molecule is Cc1cccc(C)c1-n1c(-c2[c-]ccc3c2oc2ccccc23)nc2sc3ccccc3c21.[2H]C([2H])([2H])c1c[c-]c(-c2ccc(C([2H])([2H])[2H])cn2)cc1.[Ir]. The number of hydrogen-bond donors (Lipinski definition) is 0. The molecule has 0 spiro atoms. The van der Waals surface area contributed by atoms with Crippen LogP contribution in [0.15, 0.2) is 120 Å². The fourth-order valence-electron chi connectivity index (χ4n) is 6.10. The fourth-order valence-corrected chi connectivity index (χ4v) is 7.16. The molecule has 237 valence electrons. The van der Waals surface area contributed by atoms with E-state index in [9.17, 15) is 0 Å². The Balaban J connectivity index is 0.000000186. The fraction of sp³-hybridized carbons (Fsp3) is 0.0952. The molecule has 0 saturated heterocycles. The first-order valence-corrected chi connectivity index (χ1v) is 16.0. The van der Waals surface area contributed by atoms with Gasteiger partial charge in [-0.05, 0) is 55.2 Å². The summed E-state index contributed by atoms with van der Waals surface area (Å²) in [6.07, 6.45) is 1.30.